The van der Waals surface area contributed by atoms with Gasteiger partial charge in [0.2, 0.25) is 0 Å². The monoisotopic (exact) mass is 416 g/mol. The Balaban J connectivity index is 1.61. The van der Waals surface area contributed by atoms with Gasteiger partial charge in [-0.25, -0.2) is 0 Å². The van der Waals surface area contributed by atoms with Crippen molar-refractivity contribution >= 4 is 34.4 Å². The molecule has 0 radical (unpaired) electrons. The molecule has 2 heterocycles. The maximum atomic E-state index is 13.2. The average molecular weight is 417 g/mol. The zero-order valence-electron chi connectivity index (χ0n) is 17.1. The molecule has 0 bridgehead atoms. The molecule has 30 heavy (non-hydrogen) atoms. The van der Waals surface area contributed by atoms with Gasteiger partial charge < -0.3 is 5.32 Å². The molecular weight excluding hydrogens is 392 g/mol. The van der Waals surface area contributed by atoms with Crippen LogP contribution < -0.4 is 5.32 Å². The molecule has 152 valence electrons. The highest BCUT2D eigenvalue weighted by Crippen LogP contribution is 2.33. The van der Waals surface area contributed by atoms with Crippen LogP contribution in [0, 0.1) is 0 Å². The number of carbonyl (C=O) groups excluding carboxylic acids is 2. The lowest BCUT2D eigenvalue weighted by Crippen LogP contribution is -2.34. The molecule has 3 aromatic rings. The Hall–Kier alpha value is -3.18. The normalized spacial score (nSPS) is 14.2. The van der Waals surface area contributed by atoms with Gasteiger partial charge in [0.25, 0.3) is 11.8 Å². The summed E-state index contributed by atoms with van der Waals surface area (Å²) in [4.78, 5) is 28.6. The second-order valence-corrected chi connectivity index (χ2v) is 8.57. The van der Waals surface area contributed by atoms with Gasteiger partial charge in [0, 0.05) is 17.1 Å². The van der Waals surface area contributed by atoms with E-state index in [-0.39, 0.29) is 11.8 Å². The fraction of sp³-hybridized carbons (Fsp3) is 0.200. The van der Waals surface area contributed by atoms with Crippen molar-refractivity contribution in [2.75, 3.05) is 11.9 Å². The highest BCUT2D eigenvalue weighted by atomic mass is 32.1. The molecule has 1 aliphatic rings. The van der Waals surface area contributed by atoms with E-state index in [1.54, 1.807) is 0 Å². The molecule has 2 amide bonds. The van der Waals surface area contributed by atoms with Crippen molar-refractivity contribution < 1.29 is 9.59 Å². The number of anilines is 1. The van der Waals surface area contributed by atoms with Gasteiger partial charge in [-0.05, 0) is 47.0 Å². The van der Waals surface area contributed by atoms with E-state index in [4.69, 9.17) is 0 Å². The third-order valence-corrected chi connectivity index (χ3v) is 6.14. The SMILES string of the molecule is CC(C)c1ccc(NC2=C(c3cccs3)C(=O)N(CCc3ccccc3)C2=O)cc1. The molecule has 4 nitrogen and oxygen atoms in total. The van der Waals surface area contributed by atoms with Crippen LogP contribution >= 0.6 is 11.3 Å². The Morgan fingerprint density at radius 2 is 1.63 bits per heavy atom. The molecule has 0 saturated carbocycles. The van der Waals surface area contributed by atoms with Crippen LogP contribution in [0.25, 0.3) is 5.57 Å². The first-order valence-electron chi connectivity index (χ1n) is 10.1. The second kappa shape index (κ2) is 8.67. The Bertz CT molecular complexity index is 1070. The third-order valence-electron chi connectivity index (χ3n) is 5.25. The summed E-state index contributed by atoms with van der Waals surface area (Å²) in [5.41, 5.74) is 3.94. The Morgan fingerprint density at radius 1 is 0.900 bits per heavy atom. The highest BCUT2D eigenvalue weighted by Gasteiger charge is 2.39. The molecule has 4 rings (SSSR count). The van der Waals surface area contributed by atoms with Gasteiger partial charge in [-0.3, -0.25) is 14.5 Å². The number of nitrogens with zero attached hydrogens (tertiary/aromatic N) is 1. The minimum Gasteiger partial charge on any atom is -0.350 e. The van der Waals surface area contributed by atoms with E-state index >= 15 is 0 Å². The third kappa shape index (κ3) is 4.07. The van der Waals surface area contributed by atoms with Gasteiger partial charge in [0.15, 0.2) is 0 Å². The molecule has 1 aromatic heterocycles. The minimum absolute atomic E-state index is 0.236. The zero-order chi connectivity index (χ0) is 21.1. The molecule has 2 aromatic carbocycles. The molecule has 0 saturated heterocycles. The van der Waals surface area contributed by atoms with E-state index in [9.17, 15) is 9.59 Å². The molecule has 5 heteroatoms. The van der Waals surface area contributed by atoms with Crippen molar-refractivity contribution in [1.29, 1.82) is 0 Å². The molecule has 0 atom stereocenters. The van der Waals surface area contributed by atoms with Gasteiger partial charge in [0.05, 0.1) is 5.57 Å². The largest absolute Gasteiger partial charge is 0.350 e. The summed E-state index contributed by atoms with van der Waals surface area (Å²) >= 11 is 1.47. The first-order chi connectivity index (χ1) is 14.5. The van der Waals surface area contributed by atoms with E-state index in [0.717, 1.165) is 16.1 Å². The van der Waals surface area contributed by atoms with Crippen LogP contribution in [0.4, 0.5) is 5.69 Å². The van der Waals surface area contributed by atoms with Crippen molar-refractivity contribution in [1.82, 2.24) is 4.90 Å². The first-order valence-corrected chi connectivity index (χ1v) is 11.0. The number of nitrogens with one attached hydrogen (secondary N) is 1. The van der Waals surface area contributed by atoms with E-state index < -0.39 is 0 Å². The van der Waals surface area contributed by atoms with Crippen LogP contribution in [0.5, 0.6) is 0 Å². The predicted octanol–water partition coefficient (Wildman–Crippen LogP) is 5.31. The number of thiophene rings is 1. The van der Waals surface area contributed by atoms with Gasteiger partial charge in [-0.1, -0.05) is 62.4 Å². The van der Waals surface area contributed by atoms with E-state index in [0.29, 0.717) is 30.2 Å². The fourth-order valence-corrected chi connectivity index (χ4v) is 4.29. The number of rotatable bonds is 7. The number of benzene rings is 2. The van der Waals surface area contributed by atoms with Crippen LogP contribution in [0.1, 0.15) is 35.8 Å². The Morgan fingerprint density at radius 3 is 2.27 bits per heavy atom. The number of amides is 2. The molecule has 0 fully saturated rings. The highest BCUT2D eigenvalue weighted by molar-refractivity contribution is 7.11. The van der Waals surface area contributed by atoms with Crippen molar-refractivity contribution in [2.24, 2.45) is 0 Å². The molecule has 1 aliphatic heterocycles. The van der Waals surface area contributed by atoms with Crippen molar-refractivity contribution in [3.8, 4) is 0 Å². The summed E-state index contributed by atoms with van der Waals surface area (Å²) < 4.78 is 0. The predicted molar refractivity (Wildman–Crippen MR) is 122 cm³/mol. The summed E-state index contributed by atoms with van der Waals surface area (Å²) in [6, 6.07) is 21.7. The number of hydrogen-bond acceptors (Lipinski definition) is 4. The minimum atomic E-state index is -0.271. The van der Waals surface area contributed by atoms with Crippen molar-refractivity contribution in [3.63, 3.8) is 0 Å². The van der Waals surface area contributed by atoms with Gasteiger partial charge in [-0.15, -0.1) is 11.3 Å². The van der Waals surface area contributed by atoms with Crippen LogP contribution in [0.2, 0.25) is 0 Å². The Labute approximate surface area is 180 Å². The summed E-state index contributed by atoms with van der Waals surface area (Å²) in [6.45, 7) is 4.64. The molecule has 0 spiro atoms. The molecular formula is C25H24N2O2S. The number of hydrogen-bond donors (Lipinski definition) is 1. The van der Waals surface area contributed by atoms with Gasteiger partial charge in [-0.2, -0.15) is 0 Å². The van der Waals surface area contributed by atoms with Crippen LogP contribution in [0.3, 0.4) is 0 Å². The topological polar surface area (TPSA) is 49.4 Å². The molecule has 0 unspecified atom stereocenters. The first kappa shape index (κ1) is 20.1. The second-order valence-electron chi connectivity index (χ2n) is 7.63. The van der Waals surface area contributed by atoms with Crippen LogP contribution in [-0.2, 0) is 16.0 Å². The average Bonchev–Trinajstić information content (AvgIpc) is 3.35. The van der Waals surface area contributed by atoms with Gasteiger partial charge in [0.1, 0.15) is 5.70 Å². The summed E-state index contributed by atoms with van der Waals surface area (Å²) in [6.07, 6.45) is 0.631. The smallest absolute Gasteiger partial charge is 0.278 e. The zero-order valence-corrected chi connectivity index (χ0v) is 17.9. The van der Waals surface area contributed by atoms with Crippen LogP contribution in [0.15, 0.2) is 77.8 Å². The van der Waals surface area contributed by atoms with Crippen molar-refractivity contribution in [3.05, 3.63) is 93.8 Å². The summed E-state index contributed by atoms with van der Waals surface area (Å²) in [5, 5.41) is 5.15. The van der Waals surface area contributed by atoms with Crippen LogP contribution in [-0.4, -0.2) is 23.3 Å². The standard InChI is InChI=1S/C25H24N2O2S/c1-17(2)19-10-12-20(13-11-19)26-23-22(21-9-6-16-30-21)24(28)27(25(23)29)15-14-18-7-4-3-5-8-18/h3-13,16-17,26H,14-15H2,1-2H3. The van der Waals surface area contributed by atoms with E-state index in [1.807, 2.05) is 72.1 Å². The van der Waals surface area contributed by atoms with E-state index in [2.05, 4.69) is 19.2 Å². The van der Waals surface area contributed by atoms with Gasteiger partial charge >= 0.3 is 0 Å². The quantitative estimate of drug-likeness (QED) is 0.531. The van der Waals surface area contributed by atoms with E-state index in [1.165, 1.54) is 21.8 Å². The Kier molecular flexibility index (Phi) is 5.81. The summed E-state index contributed by atoms with van der Waals surface area (Å²) in [5.74, 6) is -0.0740. The molecule has 0 aliphatic carbocycles. The lowest BCUT2D eigenvalue weighted by molar-refractivity contribution is -0.136. The fourth-order valence-electron chi connectivity index (χ4n) is 3.53. The lowest BCUT2D eigenvalue weighted by Gasteiger charge is -2.15. The molecule has 1 N–H and O–H groups in total. The lowest BCUT2D eigenvalue weighted by atomic mass is 10.0. The van der Waals surface area contributed by atoms with Crippen molar-refractivity contribution in [2.45, 2.75) is 26.2 Å². The maximum Gasteiger partial charge on any atom is 0.278 e. The summed E-state index contributed by atoms with van der Waals surface area (Å²) in [7, 11) is 0. The number of carbonyl (C=O) groups is 2. The number of imide groups is 1. The maximum absolute atomic E-state index is 13.2.